The molecule has 134 valence electrons. The smallest absolute Gasteiger partial charge is 0.258 e. The minimum atomic E-state index is -0.411. The van der Waals surface area contributed by atoms with Gasteiger partial charge in [-0.3, -0.25) is 9.59 Å². The second-order valence-electron chi connectivity index (χ2n) is 5.55. The lowest BCUT2D eigenvalue weighted by Crippen LogP contribution is -3.06. The Balaban J connectivity index is 0.00000312. The highest BCUT2D eigenvalue weighted by Crippen LogP contribution is 2.18. The van der Waals surface area contributed by atoms with Crippen molar-refractivity contribution in [3.05, 3.63) is 58.9 Å². The van der Waals surface area contributed by atoms with Gasteiger partial charge in [0.2, 0.25) is 0 Å². The number of hydrogen-bond donors (Lipinski definition) is 3. The number of carbonyl (C=O) groups excluding carboxylic acids is 2. The summed E-state index contributed by atoms with van der Waals surface area (Å²) in [5.74, 6) is -0.643. The summed E-state index contributed by atoms with van der Waals surface area (Å²) in [6.45, 7) is 1.36. The zero-order valence-corrected chi connectivity index (χ0v) is 15.5. The fourth-order valence-corrected chi connectivity index (χ4v) is 2.26. The van der Waals surface area contributed by atoms with Gasteiger partial charge in [-0.1, -0.05) is 23.7 Å². The van der Waals surface area contributed by atoms with E-state index in [2.05, 4.69) is 15.6 Å². The molecule has 8 heteroatoms. The summed E-state index contributed by atoms with van der Waals surface area (Å²) in [4.78, 5) is 29.8. The lowest BCUT2D eigenvalue weighted by Gasteiger charge is -2.12. The number of anilines is 1. The van der Waals surface area contributed by atoms with Crippen LogP contribution in [0.15, 0.2) is 42.6 Å². The van der Waals surface area contributed by atoms with Gasteiger partial charge in [-0.25, -0.2) is 4.98 Å². The van der Waals surface area contributed by atoms with Crippen LogP contribution in [0.3, 0.4) is 0 Å². The maximum Gasteiger partial charge on any atom is 0.258 e. The van der Waals surface area contributed by atoms with E-state index < -0.39 is 5.91 Å². The van der Waals surface area contributed by atoms with Gasteiger partial charge >= 0.3 is 0 Å². The van der Waals surface area contributed by atoms with E-state index in [9.17, 15) is 9.59 Å². The van der Waals surface area contributed by atoms with Crippen molar-refractivity contribution in [3.63, 3.8) is 0 Å². The van der Waals surface area contributed by atoms with Crippen molar-refractivity contribution in [2.45, 2.75) is 0 Å². The van der Waals surface area contributed by atoms with Crippen molar-refractivity contribution < 1.29 is 26.9 Å². The minimum Gasteiger partial charge on any atom is -1.00 e. The van der Waals surface area contributed by atoms with Gasteiger partial charge in [0.25, 0.3) is 11.8 Å². The Kier molecular flexibility index (Phi) is 8.34. The Bertz CT molecular complexity index is 738. The molecule has 1 aromatic heterocycles. The maximum atomic E-state index is 12.3. The second kappa shape index (κ2) is 9.98. The molecule has 0 fully saturated rings. The van der Waals surface area contributed by atoms with E-state index >= 15 is 0 Å². The van der Waals surface area contributed by atoms with Gasteiger partial charge in [0, 0.05) is 6.20 Å². The SMILES string of the molecule is C[NH+](C)CCNC(=O)c1ccccc1NC(=O)c1cccnc1Cl.[Cl-]. The summed E-state index contributed by atoms with van der Waals surface area (Å²) in [6.07, 6.45) is 1.51. The molecule has 0 bridgehead atoms. The molecule has 6 nitrogen and oxygen atoms in total. The van der Waals surface area contributed by atoms with Crippen molar-refractivity contribution in [1.82, 2.24) is 10.3 Å². The molecule has 25 heavy (non-hydrogen) atoms. The highest BCUT2D eigenvalue weighted by molar-refractivity contribution is 6.33. The largest absolute Gasteiger partial charge is 1.00 e. The summed E-state index contributed by atoms with van der Waals surface area (Å²) in [6, 6.07) is 10.0. The van der Waals surface area contributed by atoms with E-state index in [1.54, 1.807) is 36.4 Å². The number of pyridine rings is 1. The van der Waals surface area contributed by atoms with E-state index in [0.29, 0.717) is 17.8 Å². The van der Waals surface area contributed by atoms with Crippen LogP contribution in [0.5, 0.6) is 0 Å². The zero-order chi connectivity index (χ0) is 17.5. The van der Waals surface area contributed by atoms with Gasteiger partial charge in [-0.05, 0) is 24.3 Å². The van der Waals surface area contributed by atoms with Crippen LogP contribution >= 0.6 is 11.6 Å². The van der Waals surface area contributed by atoms with Crippen molar-refractivity contribution in [3.8, 4) is 0 Å². The summed E-state index contributed by atoms with van der Waals surface area (Å²) in [5, 5.41) is 5.68. The molecule has 3 N–H and O–H groups in total. The number of aromatic nitrogens is 1. The predicted molar refractivity (Wildman–Crippen MR) is 93.7 cm³/mol. The van der Waals surface area contributed by atoms with Crippen LogP contribution < -0.4 is 27.9 Å². The molecule has 1 aromatic carbocycles. The Labute approximate surface area is 158 Å². The third-order valence-corrected chi connectivity index (χ3v) is 3.64. The van der Waals surface area contributed by atoms with Crippen LogP contribution in [0.2, 0.25) is 5.15 Å². The Morgan fingerprint density at radius 1 is 1.08 bits per heavy atom. The molecular weight excluding hydrogens is 363 g/mol. The number of rotatable bonds is 6. The number of amides is 2. The average Bonchev–Trinajstić information content (AvgIpc) is 2.55. The third kappa shape index (κ3) is 6.01. The van der Waals surface area contributed by atoms with Crippen LogP contribution in [0.4, 0.5) is 5.69 Å². The molecule has 0 radical (unpaired) electrons. The van der Waals surface area contributed by atoms with Crippen LogP contribution in [0.25, 0.3) is 0 Å². The van der Waals surface area contributed by atoms with Gasteiger partial charge in [0.15, 0.2) is 0 Å². The molecule has 0 aliphatic heterocycles. The lowest BCUT2D eigenvalue weighted by molar-refractivity contribution is -0.856. The van der Waals surface area contributed by atoms with Crippen LogP contribution in [-0.2, 0) is 0 Å². The lowest BCUT2D eigenvalue weighted by atomic mass is 10.1. The van der Waals surface area contributed by atoms with Gasteiger partial charge in [0.05, 0.1) is 44.0 Å². The number of hydrogen-bond acceptors (Lipinski definition) is 3. The zero-order valence-electron chi connectivity index (χ0n) is 14.0. The van der Waals surface area contributed by atoms with E-state index in [1.807, 2.05) is 14.1 Å². The fraction of sp³-hybridized carbons (Fsp3) is 0.235. The number of likely N-dealkylation sites (N-methyl/N-ethyl adjacent to an activating group) is 1. The first-order valence-corrected chi connectivity index (χ1v) is 7.95. The molecule has 0 unspecified atom stereocenters. The third-order valence-electron chi connectivity index (χ3n) is 3.33. The number of carbonyl (C=O) groups is 2. The normalized spacial score (nSPS) is 10.1. The monoisotopic (exact) mass is 382 g/mol. The quantitative estimate of drug-likeness (QED) is 0.499. The number of benzene rings is 1. The summed E-state index contributed by atoms with van der Waals surface area (Å²) in [7, 11) is 4.02. The molecule has 2 rings (SSSR count). The summed E-state index contributed by atoms with van der Waals surface area (Å²) in [5.41, 5.74) is 1.09. The van der Waals surface area contributed by atoms with E-state index in [0.717, 1.165) is 6.54 Å². The molecule has 1 heterocycles. The topological polar surface area (TPSA) is 75.5 Å². The minimum absolute atomic E-state index is 0. The van der Waals surface area contributed by atoms with E-state index in [1.165, 1.54) is 11.1 Å². The highest BCUT2D eigenvalue weighted by Gasteiger charge is 2.16. The number of halogens is 2. The van der Waals surface area contributed by atoms with Gasteiger partial charge < -0.3 is 27.9 Å². The molecule has 2 amide bonds. The first-order chi connectivity index (χ1) is 11.5. The first kappa shape index (κ1) is 20.9. The Morgan fingerprint density at radius 2 is 1.76 bits per heavy atom. The molecule has 0 aliphatic rings. The Hall–Kier alpha value is -2.15. The number of nitrogens with one attached hydrogen (secondary N) is 3. The highest BCUT2D eigenvalue weighted by atomic mass is 35.5. The van der Waals surface area contributed by atoms with Crippen molar-refractivity contribution in [2.75, 3.05) is 32.5 Å². The van der Waals surface area contributed by atoms with Gasteiger partial charge in [-0.2, -0.15) is 0 Å². The molecule has 0 spiro atoms. The molecule has 2 aromatic rings. The van der Waals surface area contributed by atoms with Gasteiger partial charge in [0.1, 0.15) is 5.15 Å². The van der Waals surface area contributed by atoms with Crippen molar-refractivity contribution in [2.24, 2.45) is 0 Å². The number of nitrogens with zero attached hydrogens (tertiary/aromatic N) is 1. The average molecular weight is 383 g/mol. The van der Waals surface area contributed by atoms with Crippen LogP contribution in [0.1, 0.15) is 20.7 Å². The van der Waals surface area contributed by atoms with Crippen LogP contribution in [-0.4, -0.2) is 44.0 Å². The maximum absolute atomic E-state index is 12.3. The van der Waals surface area contributed by atoms with Crippen molar-refractivity contribution in [1.29, 1.82) is 0 Å². The van der Waals surface area contributed by atoms with Gasteiger partial charge in [-0.15, -0.1) is 0 Å². The predicted octanol–water partition coefficient (Wildman–Crippen LogP) is -2.13. The molecule has 0 saturated carbocycles. The molecule has 0 atom stereocenters. The van der Waals surface area contributed by atoms with Crippen LogP contribution in [0, 0.1) is 0 Å². The Morgan fingerprint density at radius 3 is 2.44 bits per heavy atom. The number of quaternary nitrogens is 1. The van der Waals surface area contributed by atoms with E-state index in [-0.39, 0.29) is 29.0 Å². The first-order valence-electron chi connectivity index (χ1n) is 7.57. The standard InChI is InChI=1S/C17H19ClN4O2.ClH/c1-22(2)11-10-20-16(23)12-6-3-4-8-14(12)21-17(24)13-7-5-9-19-15(13)18;/h3-9H,10-11H2,1-2H3,(H,20,23)(H,21,24);1H. The fourth-order valence-electron chi connectivity index (χ4n) is 2.06. The second-order valence-corrected chi connectivity index (χ2v) is 5.91. The van der Waals surface area contributed by atoms with Crippen molar-refractivity contribution >= 4 is 29.1 Å². The summed E-state index contributed by atoms with van der Waals surface area (Å²) >= 11 is 5.93. The molecule has 0 aliphatic carbocycles. The molecule has 0 saturated heterocycles. The van der Waals surface area contributed by atoms with E-state index in [4.69, 9.17) is 11.6 Å². The summed E-state index contributed by atoms with van der Waals surface area (Å²) < 4.78 is 0. The molecular formula is C17H20Cl2N4O2. The number of para-hydroxylation sites is 1.